The van der Waals surface area contributed by atoms with Gasteiger partial charge in [-0.15, -0.1) is 0 Å². The Morgan fingerprint density at radius 1 is 1.04 bits per heavy atom. The molecular formula is C22H23NO3. The van der Waals surface area contributed by atoms with Crippen LogP contribution in [0.4, 0.5) is 5.69 Å². The van der Waals surface area contributed by atoms with Gasteiger partial charge in [-0.2, -0.15) is 0 Å². The molecule has 0 amide bonds. The Morgan fingerprint density at radius 3 is 2.62 bits per heavy atom. The molecule has 0 bridgehead atoms. The number of ketones is 1. The third-order valence-electron chi connectivity index (χ3n) is 5.31. The number of Topliss-reactive ketones (excluding diaryl/α,β-unsaturated/α-hetero) is 1. The summed E-state index contributed by atoms with van der Waals surface area (Å²) in [5, 5.41) is 3.55. The van der Waals surface area contributed by atoms with Crippen LogP contribution in [0.2, 0.25) is 0 Å². The van der Waals surface area contributed by atoms with Gasteiger partial charge in [-0.05, 0) is 30.5 Å². The average molecular weight is 349 g/mol. The first-order valence-electron chi connectivity index (χ1n) is 9.11. The lowest BCUT2D eigenvalue weighted by molar-refractivity contribution is -0.124. The van der Waals surface area contributed by atoms with Crippen LogP contribution in [0.3, 0.4) is 0 Å². The number of benzene rings is 2. The number of carbonyl (C=O) groups is 1. The van der Waals surface area contributed by atoms with Crippen molar-refractivity contribution in [2.75, 3.05) is 12.4 Å². The number of rotatable bonds is 4. The standard InChI is InChI=1S/C22H23NO3/c1-25-20-10-6-5-9-19(20)23-16-11-12-17-21(13-16)26-14-18(22(17)24)15-7-3-2-4-8-15/h2-10,14,16-17,21,23H,11-13H2,1H3. The van der Waals surface area contributed by atoms with Gasteiger partial charge < -0.3 is 14.8 Å². The van der Waals surface area contributed by atoms with Crippen LogP contribution in [-0.4, -0.2) is 25.0 Å². The first-order chi connectivity index (χ1) is 12.8. The second kappa shape index (κ2) is 7.24. The lowest BCUT2D eigenvalue weighted by Crippen LogP contribution is -2.42. The maximum Gasteiger partial charge on any atom is 0.173 e. The molecule has 4 rings (SSSR count). The van der Waals surface area contributed by atoms with Crippen LogP contribution in [0.25, 0.3) is 5.57 Å². The van der Waals surface area contributed by atoms with Crippen molar-refractivity contribution in [3.63, 3.8) is 0 Å². The molecule has 0 spiro atoms. The molecule has 3 atom stereocenters. The van der Waals surface area contributed by atoms with Gasteiger partial charge >= 0.3 is 0 Å². The zero-order valence-electron chi connectivity index (χ0n) is 14.9. The Morgan fingerprint density at radius 2 is 1.81 bits per heavy atom. The number of hydrogen-bond acceptors (Lipinski definition) is 4. The molecule has 1 aliphatic heterocycles. The van der Waals surface area contributed by atoms with Crippen LogP contribution >= 0.6 is 0 Å². The van der Waals surface area contributed by atoms with Crippen molar-refractivity contribution in [1.29, 1.82) is 0 Å². The molecule has 0 radical (unpaired) electrons. The summed E-state index contributed by atoms with van der Waals surface area (Å²) in [5.41, 5.74) is 2.62. The van der Waals surface area contributed by atoms with Crippen molar-refractivity contribution in [3.05, 3.63) is 66.4 Å². The molecule has 0 saturated heterocycles. The van der Waals surface area contributed by atoms with Gasteiger partial charge in [-0.25, -0.2) is 0 Å². The van der Waals surface area contributed by atoms with E-state index in [-0.39, 0.29) is 23.8 Å². The van der Waals surface area contributed by atoms with Gasteiger partial charge in [0.25, 0.3) is 0 Å². The number of allylic oxidation sites excluding steroid dienone is 1. The topological polar surface area (TPSA) is 47.6 Å². The normalized spacial score (nSPS) is 24.9. The molecular weight excluding hydrogens is 326 g/mol. The second-order valence-corrected chi connectivity index (χ2v) is 6.90. The highest BCUT2D eigenvalue weighted by atomic mass is 16.5. The van der Waals surface area contributed by atoms with E-state index in [4.69, 9.17) is 9.47 Å². The van der Waals surface area contributed by atoms with E-state index in [1.165, 1.54) is 0 Å². The minimum absolute atomic E-state index is 0.0501. The van der Waals surface area contributed by atoms with Crippen LogP contribution < -0.4 is 10.1 Å². The van der Waals surface area contributed by atoms with Gasteiger partial charge in [0.15, 0.2) is 5.78 Å². The van der Waals surface area contributed by atoms with Gasteiger partial charge in [-0.1, -0.05) is 42.5 Å². The number of fused-ring (bicyclic) bond motifs is 1. The SMILES string of the molecule is COc1ccccc1NC1CCC2C(=O)C(c3ccccc3)=COC2C1. The van der Waals surface area contributed by atoms with E-state index in [1.54, 1.807) is 13.4 Å². The molecule has 2 aliphatic rings. The number of ether oxygens (including phenoxy) is 2. The third-order valence-corrected chi connectivity index (χ3v) is 5.31. The lowest BCUT2D eigenvalue weighted by Gasteiger charge is -2.38. The fraction of sp³-hybridized carbons (Fsp3) is 0.318. The smallest absolute Gasteiger partial charge is 0.173 e. The number of carbonyl (C=O) groups excluding carboxylic acids is 1. The van der Waals surface area contributed by atoms with Crippen LogP contribution in [0.15, 0.2) is 60.9 Å². The van der Waals surface area contributed by atoms with E-state index in [0.717, 1.165) is 36.3 Å². The lowest BCUT2D eigenvalue weighted by atomic mass is 9.77. The van der Waals surface area contributed by atoms with Gasteiger partial charge in [0.1, 0.15) is 11.9 Å². The second-order valence-electron chi connectivity index (χ2n) is 6.90. The van der Waals surface area contributed by atoms with E-state index in [9.17, 15) is 4.79 Å². The molecule has 2 aromatic carbocycles. The van der Waals surface area contributed by atoms with Crippen LogP contribution in [0, 0.1) is 5.92 Å². The molecule has 1 fully saturated rings. The fourth-order valence-electron chi connectivity index (χ4n) is 3.94. The van der Waals surface area contributed by atoms with E-state index in [0.29, 0.717) is 5.57 Å². The highest BCUT2D eigenvalue weighted by molar-refractivity contribution is 6.22. The molecule has 4 nitrogen and oxygen atoms in total. The number of nitrogens with one attached hydrogen (secondary N) is 1. The van der Waals surface area contributed by atoms with Gasteiger partial charge in [0.2, 0.25) is 0 Å². The summed E-state index contributed by atoms with van der Waals surface area (Å²) in [7, 11) is 1.68. The molecule has 1 N–H and O–H groups in total. The molecule has 3 unspecified atom stereocenters. The van der Waals surface area contributed by atoms with E-state index in [2.05, 4.69) is 5.32 Å². The molecule has 1 heterocycles. The van der Waals surface area contributed by atoms with E-state index >= 15 is 0 Å². The summed E-state index contributed by atoms with van der Waals surface area (Å²) < 4.78 is 11.4. The largest absolute Gasteiger partial charge is 0.496 e. The van der Waals surface area contributed by atoms with E-state index in [1.807, 2.05) is 54.6 Å². The highest BCUT2D eigenvalue weighted by Gasteiger charge is 2.40. The molecule has 4 heteroatoms. The summed E-state index contributed by atoms with van der Waals surface area (Å²) in [6.07, 6.45) is 4.18. The predicted molar refractivity (Wildman–Crippen MR) is 102 cm³/mol. The summed E-state index contributed by atoms with van der Waals surface area (Å²) in [6, 6.07) is 18.0. The average Bonchev–Trinajstić information content (AvgIpc) is 2.69. The van der Waals surface area contributed by atoms with Crippen molar-refractivity contribution in [2.24, 2.45) is 5.92 Å². The number of para-hydroxylation sites is 2. The first kappa shape index (κ1) is 16.7. The van der Waals surface area contributed by atoms with Gasteiger partial charge in [0, 0.05) is 12.5 Å². The highest BCUT2D eigenvalue weighted by Crippen LogP contribution is 2.37. The molecule has 2 aromatic rings. The third kappa shape index (κ3) is 3.19. The Kier molecular flexibility index (Phi) is 4.65. The molecule has 1 aliphatic carbocycles. The Balaban J connectivity index is 1.47. The number of methoxy groups -OCH3 is 1. The van der Waals surface area contributed by atoms with Crippen LogP contribution in [-0.2, 0) is 9.53 Å². The summed E-state index contributed by atoms with van der Waals surface area (Å²) >= 11 is 0. The minimum Gasteiger partial charge on any atom is -0.496 e. The maximum atomic E-state index is 12.9. The molecule has 134 valence electrons. The molecule has 1 saturated carbocycles. The van der Waals surface area contributed by atoms with Crippen LogP contribution in [0.5, 0.6) is 5.75 Å². The number of anilines is 1. The maximum absolute atomic E-state index is 12.9. The predicted octanol–water partition coefficient (Wildman–Crippen LogP) is 4.28. The fourth-order valence-corrected chi connectivity index (χ4v) is 3.94. The molecule has 0 aromatic heterocycles. The molecule has 26 heavy (non-hydrogen) atoms. The summed E-state index contributed by atoms with van der Waals surface area (Å²) in [4.78, 5) is 12.9. The van der Waals surface area contributed by atoms with Gasteiger partial charge in [0.05, 0.1) is 30.6 Å². The van der Waals surface area contributed by atoms with Crippen molar-refractivity contribution in [1.82, 2.24) is 0 Å². The van der Waals surface area contributed by atoms with E-state index < -0.39 is 0 Å². The van der Waals surface area contributed by atoms with Crippen LogP contribution in [0.1, 0.15) is 24.8 Å². The van der Waals surface area contributed by atoms with Crippen molar-refractivity contribution in [2.45, 2.75) is 31.4 Å². The Bertz CT molecular complexity index is 815. The summed E-state index contributed by atoms with van der Waals surface area (Å²) in [6.45, 7) is 0. The minimum atomic E-state index is -0.0593. The van der Waals surface area contributed by atoms with Gasteiger partial charge in [-0.3, -0.25) is 4.79 Å². The zero-order valence-corrected chi connectivity index (χ0v) is 14.9. The van der Waals surface area contributed by atoms with Crippen molar-refractivity contribution < 1.29 is 14.3 Å². The quantitative estimate of drug-likeness (QED) is 0.895. The summed E-state index contributed by atoms with van der Waals surface area (Å²) in [5.74, 6) is 0.996. The van der Waals surface area contributed by atoms with Crippen molar-refractivity contribution in [3.8, 4) is 5.75 Å². The first-order valence-corrected chi connectivity index (χ1v) is 9.11. The monoisotopic (exact) mass is 349 g/mol. The zero-order chi connectivity index (χ0) is 17.9. The van der Waals surface area contributed by atoms with Crippen molar-refractivity contribution >= 4 is 17.0 Å². The Labute approximate surface area is 153 Å². The number of hydrogen-bond donors (Lipinski definition) is 1. The Hall–Kier alpha value is -2.75.